The molecule has 1 atom stereocenters. The van der Waals surface area contributed by atoms with Gasteiger partial charge in [-0.3, -0.25) is 9.80 Å². The van der Waals surface area contributed by atoms with Crippen LogP contribution in [0, 0.1) is 5.92 Å². The van der Waals surface area contributed by atoms with Gasteiger partial charge < -0.3 is 9.04 Å². The lowest BCUT2D eigenvalue weighted by Crippen LogP contribution is -2.47. The molecule has 0 aromatic heterocycles. The first-order valence-electron chi connectivity index (χ1n) is 13.2. The molecule has 0 saturated carbocycles. The molecular weight excluding hydrogens is 486 g/mol. The van der Waals surface area contributed by atoms with Crippen LogP contribution in [-0.4, -0.2) is 81.2 Å². The Morgan fingerprint density at radius 2 is 1.51 bits per heavy atom. The van der Waals surface area contributed by atoms with Crippen molar-refractivity contribution in [1.29, 1.82) is 0 Å². The van der Waals surface area contributed by atoms with E-state index in [2.05, 4.69) is 27.9 Å². The maximum atomic E-state index is 12.8. The van der Waals surface area contributed by atoms with Crippen LogP contribution in [0.25, 0.3) is 0 Å². The molecule has 1 unspecified atom stereocenters. The highest BCUT2D eigenvalue weighted by Gasteiger charge is 2.23. The number of carbonyl (C=O) groups excluding carboxylic acids is 1. The van der Waals surface area contributed by atoms with E-state index in [0.717, 1.165) is 35.5 Å². The molecule has 0 N–H and O–H groups in total. The van der Waals surface area contributed by atoms with Crippen molar-refractivity contribution in [1.82, 2.24) is 10.0 Å². The fourth-order valence-electron chi connectivity index (χ4n) is 4.35. The summed E-state index contributed by atoms with van der Waals surface area (Å²) in [5, 5.41) is 3.76. The van der Waals surface area contributed by atoms with E-state index in [1.54, 1.807) is 30.3 Å². The zero-order valence-corrected chi connectivity index (χ0v) is 24.4. The standard InChI is InChI=1S/C22H40N3O.C7H8O3S/c1-7-9-14-20(8-2)19-25(5,6)18-13-17-24(23(3)4)22(26)21-15-11-10-12-16-21;8-11(9,10)6-7-4-2-1-3-5-7/h10-12,15-16,20H,7-9,13-14,17-19H2,1-6H3;1-5H,6H2,(H,8,9,10)/q+1;/p-1. The molecule has 0 bridgehead atoms. The summed E-state index contributed by atoms with van der Waals surface area (Å²) in [4.78, 5) is 12.8. The van der Waals surface area contributed by atoms with E-state index >= 15 is 0 Å². The Hall–Kier alpha value is -2.26. The van der Waals surface area contributed by atoms with Crippen LogP contribution in [0.2, 0.25) is 0 Å². The van der Waals surface area contributed by atoms with Crippen molar-refractivity contribution in [3.8, 4) is 0 Å². The van der Waals surface area contributed by atoms with Crippen LogP contribution in [0.3, 0.4) is 0 Å². The molecule has 7 nitrogen and oxygen atoms in total. The topological polar surface area (TPSA) is 80.8 Å². The molecule has 37 heavy (non-hydrogen) atoms. The second-order valence-electron chi connectivity index (χ2n) is 10.4. The number of quaternary nitrogens is 1. The van der Waals surface area contributed by atoms with Crippen molar-refractivity contribution in [2.45, 2.75) is 51.7 Å². The Kier molecular flexibility index (Phi) is 14.7. The third kappa shape index (κ3) is 14.3. The quantitative estimate of drug-likeness (QED) is 0.194. The molecule has 2 aromatic rings. The van der Waals surface area contributed by atoms with Crippen LogP contribution < -0.4 is 0 Å². The third-order valence-electron chi connectivity index (χ3n) is 6.35. The lowest BCUT2D eigenvalue weighted by atomic mass is 9.98. The molecule has 8 heteroatoms. The van der Waals surface area contributed by atoms with Gasteiger partial charge >= 0.3 is 0 Å². The SMILES string of the molecule is CCCCC(CC)C[N+](C)(C)CCCN(C(=O)c1ccccc1)N(C)C.O=S(=O)([O-])Cc1ccccc1. The average molecular weight is 534 g/mol. The normalized spacial score (nSPS) is 12.5. The molecular formula is C29H47N3O4S. The molecule has 0 saturated heterocycles. The van der Waals surface area contributed by atoms with Crippen molar-refractivity contribution >= 4 is 16.0 Å². The summed E-state index contributed by atoms with van der Waals surface area (Å²) in [6, 6.07) is 17.9. The number of hydrogen-bond acceptors (Lipinski definition) is 5. The Morgan fingerprint density at radius 1 is 0.946 bits per heavy atom. The lowest BCUT2D eigenvalue weighted by Gasteiger charge is -2.35. The van der Waals surface area contributed by atoms with Crippen molar-refractivity contribution in [3.05, 3.63) is 71.8 Å². The van der Waals surface area contributed by atoms with Gasteiger partial charge in [0.1, 0.15) is 0 Å². The summed E-state index contributed by atoms with van der Waals surface area (Å²) in [6.07, 6.45) is 6.22. The number of benzene rings is 2. The van der Waals surface area contributed by atoms with Crippen molar-refractivity contribution in [2.24, 2.45) is 5.92 Å². The number of hydrogen-bond donors (Lipinski definition) is 0. The van der Waals surface area contributed by atoms with Gasteiger partial charge in [-0.25, -0.2) is 13.4 Å². The van der Waals surface area contributed by atoms with Gasteiger partial charge in [-0.15, -0.1) is 0 Å². The molecule has 1 amide bonds. The average Bonchev–Trinajstić information content (AvgIpc) is 2.84. The molecule has 0 spiro atoms. The second kappa shape index (κ2) is 16.6. The highest BCUT2D eigenvalue weighted by molar-refractivity contribution is 7.84. The van der Waals surface area contributed by atoms with Gasteiger partial charge in [0.2, 0.25) is 0 Å². The summed E-state index contributed by atoms with van der Waals surface area (Å²) in [6.45, 7) is 7.66. The molecule has 0 aliphatic carbocycles. The van der Waals surface area contributed by atoms with Crippen LogP contribution in [0.4, 0.5) is 0 Å². The summed E-state index contributed by atoms with van der Waals surface area (Å²) in [5.41, 5.74) is 1.28. The Morgan fingerprint density at radius 3 is 2.00 bits per heavy atom. The summed E-state index contributed by atoms with van der Waals surface area (Å²) < 4.78 is 31.8. The van der Waals surface area contributed by atoms with E-state index in [-0.39, 0.29) is 5.91 Å². The van der Waals surface area contributed by atoms with E-state index in [0.29, 0.717) is 5.56 Å². The zero-order chi connectivity index (χ0) is 27.9. The van der Waals surface area contributed by atoms with Gasteiger partial charge in [-0.1, -0.05) is 75.2 Å². The first-order chi connectivity index (χ1) is 17.4. The third-order valence-corrected chi connectivity index (χ3v) is 7.04. The Bertz CT molecular complexity index is 996. The fraction of sp³-hybridized carbons (Fsp3) is 0.552. The van der Waals surface area contributed by atoms with E-state index in [1.165, 1.54) is 32.2 Å². The van der Waals surface area contributed by atoms with E-state index in [1.807, 2.05) is 54.4 Å². The molecule has 0 aliphatic heterocycles. The van der Waals surface area contributed by atoms with Crippen LogP contribution in [0.1, 0.15) is 61.9 Å². The predicted octanol–water partition coefficient (Wildman–Crippen LogP) is 5.02. The smallest absolute Gasteiger partial charge is 0.268 e. The van der Waals surface area contributed by atoms with E-state index in [9.17, 15) is 17.8 Å². The van der Waals surface area contributed by atoms with Crippen LogP contribution >= 0.6 is 0 Å². The minimum atomic E-state index is -4.13. The van der Waals surface area contributed by atoms with Gasteiger partial charge in [-0.05, 0) is 30.5 Å². The van der Waals surface area contributed by atoms with Crippen LogP contribution in [0.5, 0.6) is 0 Å². The highest BCUT2D eigenvalue weighted by atomic mass is 32.2. The van der Waals surface area contributed by atoms with Crippen molar-refractivity contribution < 1.29 is 22.2 Å². The van der Waals surface area contributed by atoms with Gasteiger partial charge in [0.25, 0.3) is 5.91 Å². The summed E-state index contributed by atoms with van der Waals surface area (Å²) in [7, 11) is 4.41. The number of amides is 1. The molecule has 0 heterocycles. The number of hydrazine groups is 1. The predicted molar refractivity (Wildman–Crippen MR) is 151 cm³/mol. The second-order valence-corrected chi connectivity index (χ2v) is 11.8. The molecule has 0 radical (unpaired) electrons. The molecule has 2 rings (SSSR count). The molecule has 0 aliphatic rings. The van der Waals surface area contributed by atoms with Crippen molar-refractivity contribution in [3.63, 3.8) is 0 Å². The van der Waals surface area contributed by atoms with Gasteiger partial charge in [0.05, 0.1) is 43.1 Å². The first-order valence-corrected chi connectivity index (χ1v) is 14.8. The Labute approximate surface area is 225 Å². The van der Waals surface area contributed by atoms with Gasteiger partial charge in [-0.2, -0.15) is 0 Å². The summed E-state index contributed by atoms with van der Waals surface area (Å²) >= 11 is 0. The van der Waals surface area contributed by atoms with Crippen LogP contribution in [0.15, 0.2) is 60.7 Å². The maximum absolute atomic E-state index is 12.8. The largest absolute Gasteiger partial charge is 0.748 e. The van der Waals surface area contributed by atoms with Gasteiger partial charge in [0, 0.05) is 38.5 Å². The fourth-order valence-corrected chi connectivity index (χ4v) is 4.95. The highest BCUT2D eigenvalue weighted by Crippen LogP contribution is 2.17. The minimum absolute atomic E-state index is 0.0790. The van der Waals surface area contributed by atoms with E-state index in [4.69, 9.17) is 0 Å². The minimum Gasteiger partial charge on any atom is -0.748 e. The number of unbranched alkanes of at least 4 members (excludes halogenated alkanes) is 1. The van der Waals surface area contributed by atoms with E-state index < -0.39 is 15.9 Å². The van der Waals surface area contributed by atoms with Gasteiger partial charge in [0.15, 0.2) is 0 Å². The number of carbonyl (C=O) groups is 1. The van der Waals surface area contributed by atoms with Crippen LogP contribution in [-0.2, 0) is 15.9 Å². The molecule has 0 fully saturated rings. The number of rotatable bonds is 14. The number of nitrogens with zero attached hydrogens (tertiary/aromatic N) is 3. The lowest BCUT2D eigenvalue weighted by molar-refractivity contribution is -0.894. The first kappa shape index (κ1) is 32.8. The zero-order valence-electron chi connectivity index (χ0n) is 23.6. The Balaban J connectivity index is 0.000000516. The maximum Gasteiger partial charge on any atom is 0.268 e. The molecule has 208 valence electrons. The monoisotopic (exact) mass is 533 g/mol. The summed E-state index contributed by atoms with van der Waals surface area (Å²) in [5.74, 6) is 0.463. The van der Waals surface area contributed by atoms with Crippen molar-refractivity contribution in [2.75, 3.05) is 47.8 Å². The molecule has 2 aromatic carbocycles.